The number of primary amides is 1. The van der Waals surface area contributed by atoms with E-state index in [1.807, 2.05) is 23.5 Å². The summed E-state index contributed by atoms with van der Waals surface area (Å²) in [6, 6.07) is 8.85. The number of thioether (sulfide) groups is 2. The van der Waals surface area contributed by atoms with Gasteiger partial charge in [-0.25, -0.2) is 4.79 Å². The summed E-state index contributed by atoms with van der Waals surface area (Å²) in [6.45, 7) is 7.03. The SMILES string of the molecule is CC(C)c1ccc(C2(C)SCC(COC(N)=O)S2)cc1. The molecule has 2 rings (SSSR count). The van der Waals surface area contributed by atoms with Gasteiger partial charge in [-0.15, -0.1) is 23.5 Å². The molecule has 5 heteroatoms. The highest BCUT2D eigenvalue weighted by Gasteiger charge is 2.38. The van der Waals surface area contributed by atoms with Gasteiger partial charge in [0.1, 0.15) is 6.61 Å². The summed E-state index contributed by atoms with van der Waals surface area (Å²) < 4.78 is 4.94. The first kappa shape index (κ1) is 15.6. The van der Waals surface area contributed by atoms with E-state index in [1.54, 1.807) is 0 Å². The summed E-state index contributed by atoms with van der Waals surface area (Å²) in [5.41, 5.74) is 7.70. The van der Waals surface area contributed by atoms with Crippen LogP contribution in [-0.2, 0) is 8.82 Å². The fourth-order valence-electron chi connectivity index (χ4n) is 2.22. The summed E-state index contributed by atoms with van der Waals surface area (Å²) in [5.74, 6) is 1.53. The van der Waals surface area contributed by atoms with Crippen molar-refractivity contribution in [2.24, 2.45) is 5.73 Å². The number of hydrogen-bond donors (Lipinski definition) is 1. The molecule has 1 aliphatic heterocycles. The molecule has 1 heterocycles. The quantitative estimate of drug-likeness (QED) is 0.915. The normalized spacial score (nSPS) is 25.9. The Morgan fingerprint density at radius 2 is 2.10 bits per heavy atom. The smallest absolute Gasteiger partial charge is 0.404 e. The highest BCUT2D eigenvalue weighted by atomic mass is 32.2. The van der Waals surface area contributed by atoms with Crippen molar-refractivity contribution < 1.29 is 9.53 Å². The molecule has 110 valence electrons. The first-order valence-corrected chi connectivity index (χ1v) is 8.61. The predicted molar refractivity (Wildman–Crippen MR) is 87.3 cm³/mol. The minimum Gasteiger partial charge on any atom is -0.448 e. The van der Waals surface area contributed by atoms with Crippen LogP contribution in [-0.4, -0.2) is 23.7 Å². The zero-order chi connectivity index (χ0) is 14.8. The van der Waals surface area contributed by atoms with Crippen molar-refractivity contribution in [1.82, 2.24) is 0 Å². The molecule has 1 aliphatic rings. The molecule has 1 saturated heterocycles. The largest absolute Gasteiger partial charge is 0.448 e. The van der Waals surface area contributed by atoms with E-state index in [1.165, 1.54) is 11.1 Å². The van der Waals surface area contributed by atoms with Gasteiger partial charge in [0.05, 0.1) is 4.08 Å². The molecule has 3 nitrogen and oxygen atoms in total. The molecule has 0 aromatic heterocycles. The number of ether oxygens (including phenoxy) is 1. The van der Waals surface area contributed by atoms with Crippen molar-refractivity contribution in [2.75, 3.05) is 12.4 Å². The van der Waals surface area contributed by atoms with E-state index in [0.717, 1.165) is 5.75 Å². The number of hydrogen-bond acceptors (Lipinski definition) is 4. The van der Waals surface area contributed by atoms with Crippen LogP contribution in [0.5, 0.6) is 0 Å². The van der Waals surface area contributed by atoms with E-state index >= 15 is 0 Å². The Kier molecular flexibility index (Phi) is 4.91. The van der Waals surface area contributed by atoms with E-state index in [-0.39, 0.29) is 4.08 Å². The number of amides is 1. The van der Waals surface area contributed by atoms with Crippen LogP contribution in [0.25, 0.3) is 0 Å². The van der Waals surface area contributed by atoms with Crippen LogP contribution < -0.4 is 5.73 Å². The van der Waals surface area contributed by atoms with Crippen LogP contribution in [0, 0.1) is 0 Å². The maximum absolute atomic E-state index is 10.7. The maximum atomic E-state index is 10.7. The van der Waals surface area contributed by atoms with Gasteiger partial charge >= 0.3 is 6.09 Å². The highest BCUT2D eigenvalue weighted by Crippen LogP contribution is 2.54. The Labute approximate surface area is 129 Å². The molecule has 0 aliphatic carbocycles. The Bertz CT molecular complexity index is 475. The van der Waals surface area contributed by atoms with Crippen molar-refractivity contribution in [3.05, 3.63) is 35.4 Å². The summed E-state index contributed by atoms with van der Waals surface area (Å²) >= 11 is 3.76. The van der Waals surface area contributed by atoms with E-state index in [0.29, 0.717) is 17.8 Å². The molecule has 1 fully saturated rings. The standard InChI is InChI=1S/C15H21NO2S2/c1-10(2)11-4-6-12(7-5-11)15(3)19-9-13(20-15)8-18-14(16)17/h4-7,10,13H,8-9H2,1-3H3,(H2,16,17). The fraction of sp³-hybridized carbons (Fsp3) is 0.533. The Morgan fingerprint density at radius 1 is 1.45 bits per heavy atom. The first-order chi connectivity index (χ1) is 9.40. The highest BCUT2D eigenvalue weighted by molar-refractivity contribution is 8.20. The lowest BCUT2D eigenvalue weighted by atomic mass is 10.0. The van der Waals surface area contributed by atoms with Crippen molar-refractivity contribution in [2.45, 2.75) is 36.0 Å². The van der Waals surface area contributed by atoms with Crippen LogP contribution in [0.15, 0.2) is 24.3 Å². The second kappa shape index (κ2) is 6.31. The monoisotopic (exact) mass is 311 g/mol. The Morgan fingerprint density at radius 3 is 2.65 bits per heavy atom. The molecule has 2 atom stereocenters. The lowest BCUT2D eigenvalue weighted by Crippen LogP contribution is -2.20. The van der Waals surface area contributed by atoms with Crippen LogP contribution in [0.4, 0.5) is 4.79 Å². The molecule has 0 radical (unpaired) electrons. The van der Waals surface area contributed by atoms with Crippen LogP contribution >= 0.6 is 23.5 Å². The van der Waals surface area contributed by atoms with Gasteiger partial charge in [0.25, 0.3) is 0 Å². The molecule has 1 aromatic rings. The third-order valence-corrected chi connectivity index (χ3v) is 6.98. The zero-order valence-corrected chi connectivity index (χ0v) is 13.7. The van der Waals surface area contributed by atoms with Gasteiger partial charge in [0, 0.05) is 11.0 Å². The van der Waals surface area contributed by atoms with Gasteiger partial charge in [-0.2, -0.15) is 0 Å². The van der Waals surface area contributed by atoms with Crippen LogP contribution in [0.2, 0.25) is 0 Å². The average Bonchev–Trinajstić information content (AvgIpc) is 2.80. The van der Waals surface area contributed by atoms with E-state index in [2.05, 4.69) is 45.0 Å². The number of carbonyl (C=O) groups excluding carboxylic acids is 1. The van der Waals surface area contributed by atoms with Crippen molar-refractivity contribution in [3.63, 3.8) is 0 Å². The second-order valence-corrected chi connectivity index (χ2v) is 8.82. The van der Waals surface area contributed by atoms with Crippen molar-refractivity contribution in [1.29, 1.82) is 0 Å². The molecule has 0 saturated carbocycles. The summed E-state index contributed by atoms with van der Waals surface area (Å²) in [6.07, 6.45) is -0.689. The lowest BCUT2D eigenvalue weighted by molar-refractivity contribution is 0.159. The number of nitrogens with two attached hydrogens (primary N) is 1. The molecular weight excluding hydrogens is 290 g/mol. The third-order valence-electron chi connectivity index (χ3n) is 3.45. The Hall–Kier alpha value is -0.810. The predicted octanol–water partition coefficient (Wildman–Crippen LogP) is 3.93. The Balaban J connectivity index is 2.03. The van der Waals surface area contributed by atoms with Gasteiger partial charge in [-0.1, -0.05) is 38.1 Å². The molecule has 0 bridgehead atoms. The lowest BCUT2D eigenvalue weighted by Gasteiger charge is -2.23. The van der Waals surface area contributed by atoms with E-state index in [9.17, 15) is 4.79 Å². The van der Waals surface area contributed by atoms with Crippen molar-refractivity contribution >= 4 is 29.6 Å². The number of carbonyl (C=O) groups is 1. The summed E-state index contributed by atoms with van der Waals surface area (Å²) in [5, 5.41) is 0.308. The maximum Gasteiger partial charge on any atom is 0.404 e. The average molecular weight is 311 g/mol. The van der Waals surface area contributed by atoms with Gasteiger partial charge in [0.15, 0.2) is 0 Å². The van der Waals surface area contributed by atoms with Gasteiger partial charge in [-0.05, 0) is 24.0 Å². The van der Waals surface area contributed by atoms with Gasteiger partial charge < -0.3 is 10.5 Å². The van der Waals surface area contributed by atoms with Crippen LogP contribution in [0.1, 0.15) is 37.8 Å². The molecule has 1 aromatic carbocycles. The minimum absolute atomic E-state index is 0.0290. The third kappa shape index (κ3) is 3.64. The molecule has 2 unspecified atom stereocenters. The van der Waals surface area contributed by atoms with Gasteiger partial charge in [-0.3, -0.25) is 0 Å². The number of rotatable bonds is 4. The summed E-state index contributed by atoms with van der Waals surface area (Å²) in [4.78, 5) is 10.7. The molecule has 0 spiro atoms. The van der Waals surface area contributed by atoms with Crippen molar-refractivity contribution in [3.8, 4) is 0 Å². The van der Waals surface area contributed by atoms with E-state index in [4.69, 9.17) is 10.5 Å². The molecule has 2 N–H and O–H groups in total. The summed E-state index contributed by atoms with van der Waals surface area (Å²) in [7, 11) is 0. The second-order valence-electron chi connectivity index (χ2n) is 5.40. The van der Waals surface area contributed by atoms with E-state index < -0.39 is 6.09 Å². The van der Waals surface area contributed by atoms with Crippen LogP contribution in [0.3, 0.4) is 0 Å². The number of benzene rings is 1. The topological polar surface area (TPSA) is 52.3 Å². The first-order valence-electron chi connectivity index (χ1n) is 6.75. The molecule has 20 heavy (non-hydrogen) atoms. The molecule has 1 amide bonds. The molecular formula is C15H21NO2S2. The zero-order valence-electron chi connectivity index (χ0n) is 12.1. The fourth-order valence-corrected chi connectivity index (χ4v) is 5.53. The minimum atomic E-state index is -0.689. The van der Waals surface area contributed by atoms with Gasteiger partial charge in [0.2, 0.25) is 0 Å².